The van der Waals surface area contributed by atoms with Gasteiger partial charge in [-0.3, -0.25) is 4.79 Å². The molecule has 3 nitrogen and oxygen atoms in total. The summed E-state index contributed by atoms with van der Waals surface area (Å²) >= 11 is 0. The second kappa shape index (κ2) is 7.10. The summed E-state index contributed by atoms with van der Waals surface area (Å²) in [4.78, 5) is 11.2. The van der Waals surface area contributed by atoms with Crippen LogP contribution in [0, 0.1) is 17.2 Å². The first kappa shape index (κ1) is 18.4. The molecule has 0 radical (unpaired) electrons. The van der Waals surface area contributed by atoms with Crippen molar-refractivity contribution in [2.45, 2.75) is 46.1 Å². The van der Waals surface area contributed by atoms with Gasteiger partial charge in [-0.15, -0.1) is 0 Å². The molecule has 0 amide bonds. The lowest BCUT2D eigenvalue weighted by Gasteiger charge is -2.12. The SMILES string of the molecule is CC(C)Oc1ccc(F)c(-c2ccc(CC[C@H]3C[C@]3(C)C(=O)O)cc2)c1. The highest BCUT2D eigenvalue weighted by molar-refractivity contribution is 5.78. The fraction of sp³-hybridized carbons (Fsp3) is 0.409. The average Bonchev–Trinajstić information content (AvgIpc) is 3.27. The molecule has 138 valence electrons. The molecule has 0 aromatic heterocycles. The van der Waals surface area contributed by atoms with E-state index in [0.717, 1.165) is 30.4 Å². The molecule has 0 saturated heterocycles. The quantitative estimate of drug-likeness (QED) is 0.730. The molecule has 1 aliphatic carbocycles. The van der Waals surface area contributed by atoms with E-state index in [9.17, 15) is 14.3 Å². The minimum absolute atomic E-state index is 0.0367. The summed E-state index contributed by atoms with van der Waals surface area (Å²) in [6.07, 6.45) is 2.50. The number of carboxylic acids is 1. The molecule has 4 heteroatoms. The fourth-order valence-corrected chi connectivity index (χ4v) is 3.40. The number of aliphatic carboxylic acids is 1. The highest BCUT2D eigenvalue weighted by Gasteiger charge is 2.55. The first-order valence-electron chi connectivity index (χ1n) is 9.08. The molecular formula is C22H25FO3. The standard InChI is InChI=1S/C22H25FO3/c1-14(2)26-18-10-11-20(23)19(12-18)16-7-4-15(5-8-16)6-9-17-13-22(17,3)21(24)25/h4-5,7-8,10-12,14,17H,6,9,13H2,1-3H3,(H,24,25)/t17-,22-/m0/s1. The highest BCUT2D eigenvalue weighted by atomic mass is 19.1. The smallest absolute Gasteiger partial charge is 0.309 e. The number of hydrogen-bond acceptors (Lipinski definition) is 2. The van der Waals surface area contributed by atoms with Crippen LogP contribution in [0.4, 0.5) is 4.39 Å². The van der Waals surface area contributed by atoms with E-state index in [1.54, 1.807) is 12.1 Å². The van der Waals surface area contributed by atoms with Gasteiger partial charge in [0.05, 0.1) is 11.5 Å². The maximum atomic E-state index is 14.2. The zero-order chi connectivity index (χ0) is 18.9. The van der Waals surface area contributed by atoms with E-state index in [0.29, 0.717) is 11.3 Å². The molecule has 0 bridgehead atoms. The number of aryl methyl sites for hydroxylation is 1. The van der Waals surface area contributed by atoms with Gasteiger partial charge in [0.2, 0.25) is 0 Å². The van der Waals surface area contributed by atoms with Crippen LogP contribution in [0.2, 0.25) is 0 Å². The summed E-state index contributed by atoms with van der Waals surface area (Å²) in [5, 5.41) is 9.20. The van der Waals surface area contributed by atoms with Crippen molar-refractivity contribution in [2.75, 3.05) is 0 Å². The van der Waals surface area contributed by atoms with E-state index in [4.69, 9.17) is 4.74 Å². The minimum atomic E-state index is -0.697. The molecule has 1 saturated carbocycles. The monoisotopic (exact) mass is 356 g/mol. The number of rotatable bonds is 7. The lowest BCUT2D eigenvalue weighted by molar-refractivity contribution is -0.143. The summed E-state index contributed by atoms with van der Waals surface area (Å²) < 4.78 is 19.9. The van der Waals surface area contributed by atoms with Gasteiger partial charge in [-0.1, -0.05) is 24.3 Å². The van der Waals surface area contributed by atoms with Crippen molar-refractivity contribution in [3.05, 3.63) is 53.8 Å². The molecule has 3 rings (SSSR count). The third kappa shape index (κ3) is 3.90. The van der Waals surface area contributed by atoms with E-state index in [1.165, 1.54) is 6.07 Å². The Morgan fingerprint density at radius 2 is 1.96 bits per heavy atom. The van der Waals surface area contributed by atoms with Crippen molar-refractivity contribution in [3.8, 4) is 16.9 Å². The number of ether oxygens (including phenoxy) is 1. The molecule has 2 aromatic rings. The third-order valence-corrected chi connectivity index (χ3v) is 5.26. The van der Waals surface area contributed by atoms with E-state index in [-0.39, 0.29) is 17.8 Å². The maximum absolute atomic E-state index is 14.2. The first-order valence-corrected chi connectivity index (χ1v) is 9.08. The van der Waals surface area contributed by atoms with Gasteiger partial charge in [-0.2, -0.15) is 0 Å². The number of halogens is 1. The van der Waals surface area contributed by atoms with Crippen LogP contribution in [0.1, 0.15) is 39.2 Å². The molecule has 0 spiro atoms. The Bertz CT molecular complexity index is 798. The van der Waals surface area contributed by atoms with Crippen molar-refractivity contribution < 1.29 is 19.0 Å². The zero-order valence-electron chi connectivity index (χ0n) is 15.5. The highest BCUT2D eigenvalue weighted by Crippen LogP contribution is 2.54. The van der Waals surface area contributed by atoms with Crippen molar-refractivity contribution >= 4 is 5.97 Å². The van der Waals surface area contributed by atoms with Gasteiger partial charge in [-0.25, -0.2) is 4.39 Å². The normalized spacial score (nSPS) is 21.7. The summed E-state index contributed by atoms with van der Waals surface area (Å²) in [7, 11) is 0. The molecule has 0 heterocycles. The summed E-state index contributed by atoms with van der Waals surface area (Å²) in [6, 6.07) is 12.6. The van der Waals surface area contributed by atoms with Crippen LogP contribution in [-0.2, 0) is 11.2 Å². The number of benzene rings is 2. The van der Waals surface area contributed by atoms with Crippen molar-refractivity contribution in [3.63, 3.8) is 0 Å². The van der Waals surface area contributed by atoms with E-state index in [1.807, 2.05) is 45.0 Å². The Hall–Kier alpha value is -2.36. The molecule has 2 aromatic carbocycles. The molecular weight excluding hydrogens is 331 g/mol. The van der Waals surface area contributed by atoms with Crippen LogP contribution in [0.25, 0.3) is 11.1 Å². The van der Waals surface area contributed by atoms with Gasteiger partial charge >= 0.3 is 5.97 Å². The molecule has 0 unspecified atom stereocenters. The first-order chi connectivity index (χ1) is 12.3. The van der Waals surface area contributed by atoms with E-state index >= 15 is 0 Å². The van der Waals surface area contributed by atoms with Gasteiger partial charge in [0.15, 0.2) is 0 Å². The lowest BCUT2D eigenvalue weighted by Crippen LogP contribution is -2.13. The Balaban J connectivity index is 1.67. The summed E-state index contributed by atoms with van der Waals surface area (Å²) in [5.41, 5.74) is 1.93. The van der Waals surface area contributed by atoms with Crippen LogP contribution in [0.15, 0.2) is 42.5 Å². The number of carboxylic acid groups (broad SMARTS) is 1. The van der Waals surface area contributed by atoms with E-state index in [2.05, 4.69) is 0 Å². The second-order valence-electron chi connectivity index (χ2n) is 7.67. The minimum Gasteiger partial charge on any atom is -0.491 e. The lowest BCUT2D eigenvalue weighted by atomic mass is 9.98. The molecule has 1 N–H and O–H groups in total. The summed E-state index contributed by atoms with van der Waals surface area (Å²) in [6.45, 7) is 5.69. The van der Waals surface area contributed by atoms with Gasteiger partial charge in [-0.05, 0) is 75.3 Å². The Morgan fingerprint density at radius 1 is 1.27 bits per heavy atom. The predicted molar refractivity (Wildman–Crippen MR) is 99.8 cm³/mol. The van der Waals surface area contributed by atoms with Crippen LogP contribution in [0.5, 0.6) is 5.75 Å². The third-order valence-electron chi connectivity index (χ3n) is 5.26. The van der Waals surface area contributed by atoms with Gasteiger partial charge < -0.3 is 9.84 Å². The van der Waals surface area contributed by atoms with E-state index < -0.39 is 11.4 Å². The maximum Gasteiger partial charge on any atom is 0.309 e. The second-order valence-corrected chi connectivity index (χ2v) is 7.67. The van der Waals surface area contributed by atoms with Gasteiger partial charge in [0.1, 0.15) is 11.6 Å². The Kier molecular flexibility index (Phi) is 5.03. The zero-order valence-corrected chi connectivity index (χ0v) is 15.5. The molecule has 1 fully saturated rings. The average molecular weight is 356 g/mol. The molecule has 2 atom stereocenters. The van der Waals surface area contributed by atoms with Crippen molar-refractivity contribution in [1.29, 1.82) is 0 Å². The van der Waals surface area contributed by atoms with Gasteiger partial charge in [0, 0.05) is 5.56 Å². The van der Waals surface area contributed by atoms with Crippen LogP contribution < -0.4 is 4.74 Å². The fourth-order valence-electron chi connectivity index (χ4n) is 3.40. The van der Waals surface area contributed by atoms with Crippen LogP contribution >= 0.6 is 0 Å². The topological polar surface area (TPSA) is 46.5 Å². The van der Waals surface area contributed by atoms with Crippen molar-refractivity contribution in [1.82, 2.24) is 0 Å². The van der Waals surface area contributed by atoms with Crippen LogP contribution in [0.3, 0.4) is 0 Å². The summed E-state index contributed by atoms with van der Waals surface area (Å²) in [5.74, 6) is -0.0648. The number of carbonyl (C=O) groups is 1. The van der Waals surface area contributed by atoms with Crippen molar-refractivity contribution in [2.24, 2.45) is 11.3 Å². The Labute approximate surface area is 153 Å². The molecule has 1 aliphatic rings. The molecule has 26 heavy (non-hydrogen) atoms. The largest absolute Gasteiger partial charge is 0.491 e. The van der Waals surface area contributed by atoms with Crippen LogP contribution in [-0.4, -0.2) is 17.2 Å². The number of hydrogen-bond donors (Lipinski definition) is 1. The molecule has 0 aliphatic heterocycles. The Morgan fingerprint density at radius 3 is 2.54 bits per heavy atom. The van der Waals surface area contributed by atoms with Gasteiger partial charge in [0.25, 0.3) is 0 Å². The predicted octanol–water partition coefficient (Wildman–Crippen LogP) is 5.32.